The number of carbonyl (C=O) groups is 1. The van der Waals surface area contributed by atoms with Crippen LogP contribution in [0.4, 0.5) is 4.39 Å². The van der Waals surface area contributed by atoms with Crippen LogP contribution in [0.3, 0.4) is 0 Å². The molecular formula is C34H35FO6. The molecule has 0 bridgehead atoms. The molecule has 0 saturated heterocycles. The molecule has 0 spiro atoms. The topological polar surface area (TPSA) is 74.2 Å². The van der Waals surface area contributed by atoms with Crippen LogP contribution in [0, 0.1) is 5.82 Å². The molecule has 0 aromatic heterocycles. The molecule has 0 aliphatic heterocycles. The maximum atomic E-state index is 14.4. The molecule has 4 aromatic rings. The van der Waals surface area contributed by atoms with Crippen molar-refractivity contribution >= 4 is 5.97 Å². The van der Waals surface area contributed by atoms with E-state index in [2.05, 4.69) is 6.92 Å². The molecule has 0 amide bonds. The highest BCUT2D eigenvalue weighted by molar-refractivity contribution is 5.92. The zero-order chi connectivity index (χ0) is 29.2. The highest BCUT2D eigenvalue weighted by Crippen LogP contribution is 2.37. The number of ether oxygens (including phenoxy) is 4. The van der Waals surface area contributed by atoms with Gasteiger partial charge in [0.2, 0.25) is 0 Å². The third-order valence-corrected chi connectivity index (χ3v) is 6.62. The van der Waals surface area contributed by atoms with Crippen molar-refractivity contribution in [3.05, 3.63) is 101 Å². The maximum absolute atomic E-state index is 14.4. The smallest absolute Gasteiger partial charge is 0.344 e. The average Bonchev–Trinajstić information content (AvgIpc) is 2.98. The lowest BCUT2D eigenvalue weighted by Crippen LogP contribution is -2.09. The number of hydrogen-bond acceptors (Lipinski definition) is 6. The Hall–Kier alpha value is -4.52. The van der Waals surface area contributed by atoms with Crippen molar-refractivity contribution < 1.29 is 33.2 Å². The lowest BCUT2D eigenvalue weighted by atomic mass is 10.00. The summed E-state index contributed by atoms with van der Waals surface area (Å²) in [5.74, 6) is 0.521. The Kier molecular flexibility index (Phi) is 10.2. The zero-order valence-electron chi connectivity index (χ0n) is 23.6. The monoisotopic (exact) mass is 558 g/mol. The number of rotatable bonds is 13. The molecule has 7 heteroatoms. The van der Waals surface area contributed by atoms with Crippen LogP contribution in [0.15, 0.2) is 78.9 Å². The van der Waals surface area contributed by atoms with Gasteiger partial charge in [0.05, 0.1) is 20.3 Å². The first kappa shape index (κ1) is 29.5. The first-order chi connectivity index (χ1) is 20.0. The van der Waals surface area contributed by atoms with Crippen LogP contribution in [0.1, 0.15) is 48.2 Å². The minimum absolute atomic E-state index is 0.0769. The van der Waals surface area contributed by atoms with Crippen LogP contribution in [0.2, 0.25) is 0 Å². The summed E-state index contributed by atoms with van der Waals surface area (Å²) in [5, 5.41) is 10.6. The van der Waals surface area contributed by atoms with Gasteiger partial charge in [-0.05, 0) is 54.3 Å². The second-order valence-corrected chi connectivity index (χ2v) is 9.44. The van der Waals surface area contributed by atoms with Crippen LogP contribution in [0.25, 0.3) is 11.1 Å². The Morgan fingerprint density at radius 3 is 2.22 bits per heavy atom. The Balaban J connectivity index is 1.42. The summed E-state index contributed by atoms with van der Waals surface area (Å²) in [6.45, 7) is 4.89. The number of benzene rings is 4. The summed E-state index contributed by atoms with van der Waals surface area (Å²) >= 11 is 0. The minimum Gasteiger partial charge on any atom is -0.507 e. The number of phenols is 1. The normalized spacial score (nSPS) is 10.7. The highest BCUT2D eigenvalue weighted by atomic mass is 19.1. The molecule has 0 radical (unpaired) electrons. The van der Waals surface area contributed by atoms with Crippen molar-refractivity contribution in [2.45, 2.75) is 39.5 Å². The maximum Gasteiger partial charge on any atom is 0.344 e. The summed E-state index contributed by atoms with van der Waals surface area (Å²) in [5.41, 5.74) is 3.32. The molecule has 214 valence electrons. The predicted octanol–water partition coefficient (Wildman–Crippen LogP) is 8.14. The van der Waals surface area contributed by atoms with Crippen molar-refractivity contribution in [1.29, 1.82) is 0 Å². The van der Waals surface area contributed by atoms with Gasteiger partial charge >= 0.3 is 5.97 Å². The van der Waals surface area contributed by atoms with Crippen LogP contribution < -0.4 is 14.2 Å². The molecule has 1 N–H and O–H groups in total. The van der Waals surface area contributed by atoms with E-state index in [0.717, 1.165) is 35.1 Å². The van der Waals surface area contributed by atoms with Crippen molar-refractivity contribution in [3.8, 4) is 39.9 Å². The molecule has 0 saturated carbocycles. The summed E-state index contributed by atoms with van der Waals surface area (Å²) in [6.07, 6.45) is 2.87. The van der Waals surface area contributed by atoms with Crippen molar-refractivity contribution in [3.63, 3.8) is 0 Å². The SMILES string of the molecule is CCCc1c(OCCCOc2cc(O)c(-c3ccccc3)cc2CC)cccc1Oc1cccc(F)c1C(=O)OC. The summed E-state index contributed by atoms with van der Waals surface area (Å²) in [4.78, 5) is 12.2. The Bertz CT molecular complexity index is 1470. The highest BCUT2D eigenvalue weighted by Gasteiger charge is 2.21. The van der Waals surface area contributed by atoms with E-state index < -0.39 is 11.8 Å². The number of aryl methyl sites for hydroxylation is 1. The van der Waals surface area contributed by atoms with Gasteiger partial charge in [-0.15, -0.1) is 0 Å². The molecule has 4 rings (SSSR count). The van der Waals surface area contributed by atoms with E-state index in [1.165, 1.54) is 25.3 Å². The van der Waals surface area contributed by atoms with Crippen molar-refractivity contribution in [1.82, 2.24) is 0 Å². The molecule has 0 aliphatic carbocycles. The lowest BCUT2D eigenvalue weighted by Gasteiger charge is -2.17. The molecule has 0 heterocycles. The fraction of sp³-hybridized carbons (Fsp3) is 0.265. The van der Waals surface area contributed by atoms with Gasteiger partial charge < -0.3 is 24.1 Å². The molecule has 0 aliphatic rings. The van der Waals surface area contributed by atoms with Gasteiger partial charge in [0.15, 0.2) is 0 Å². The van der Waals surface area contributed by atoms with E-state index in [1.54, 1.807) is 18.2 Å². The number of phenolic OH excluding ortho intramolecular Hbond substituents is 1. The van der Waals surface area contributed by atoms with E-state index in [9.17, 15) is 14.3 Å². The molecular weight excluding hydrogens is 523 g/mol. The van der Waals surface area contributed by atoms with Crippen LogP contribution in [-0.4, -0.2) is 31.4 Å². The second-order valence-electron chi connectivity index (χ2n) is 9.44. The number of halogens is 1. The van der Waals surface area contributed by atoms with Crippen LogP contribution in [-0.2, 0) is 17.6 Å². The van der Waals surface area contributed by atoms with Gasteiger partial charge in [-0.25, -0.2) is 9.18 Å². The van der Waals surface area contributed by atoms with Gasteiger partial charge in [0, 0.05) is 23.6 Å². The predicted molar refractivity (Wildman–Crippen MR) is 157 cm³/mol. The number of aromatic hydroxyl groups is 1. The van der Waals surface area contributed by atoms with Gasteiger partial charge in [-0.3, -0.25) is 0 Å². The minimum atomic E-state index is -0.809. The molecule has 4 aromatic carbocycles. The average molecular weight is 559 g/mol. The lowest BCUT2D eigenvalue weighted by molar-refractivity contribution is 0.0592. The summed E-state index contributed by atoms with van der Waals surface area (Å²) < 4.78 is 37.3. The molecule has 6 nitrogen and oxygen atoms in total. The fourth-order valence-corrected chi connectivity index (χ4v) is 4.58. The molecule has 0 fully saturated rings. The standard InChI is InChI=1S/C34H35FO6/c1-4-12-25-29(16-10-17-30(25)41-31-18-9-15-27(35)33(31)34(37)38-3)39-19-11-20-40-32-22-28(36)26(21-23(32)5-2)24-13-7-6-8-14-24/h6-10,13-18,21-22,36H,4-5,11-12,19-20H2,1-3H3. The van der Waals surface area contributed by atoms with Gasteiger partial charge in [0.25, 0.3) is 0 Å². The summed E-state index contributed by atoms with van der Waals surface area (Å²) in [7, 11) is 1.20. The molecule has 0 unspecified atom stereocenters. The van der Waals surface area contributed by atoms with E-state index in [1.807, 2.05) is 49.4 Å². The van der Waals surface area contributed by atoms with E-state index in [0.29, 0.717) is 43.3 Å². The first-order valence-electron chi connectivity index (χ1n) is 13.8. The van der Waals surface area contributed by atoms with Gasteiger partial charge in [-0.2, -0.15) is 0 Å². The number of hydrogen-bond donors (Lipinski definition) is 1. The fourth-order valence-electron chi connectivity index (χ4n) is 4.58. The van der Waals surface area contributed by atoms with Crippen molar-refractivity contribution in [2.75, 3.05) is 20.3 Å². The van der Waals surface area contributed by atoms with E-state index >= 15 is 0 Å². The third-order valence-electron chi connectivity index (χ3n) is 6.62. The van der Waals surface area contributed by atoms with Gasteiger partial charge in [-0.1, -0.05) is 62.7 Å². The van der Waals surface area contributed by atoms with E-state index in [4.69, 9.17) is 18.9 Å². The summed E-state index contributed by atoms with van der Waals surface area (Å²) in [6, 6.07) is 23.1. The Morgan fingerprint density at radius 1 is 0.829 bits per heavy atom. The first-order valence-corrected chi connectivity index (χ1v) is 13.8. The largest absolute Gasteiger partial charge is 0.507 e. The van der Waals surface area contributed by atoms with Crippen LogP contribution in [0.5, 0.6) is 28.7 Å². The number of methoxy groups -OCH3 is 1. The number of esters is 1. The number of carbonyl (C=O) groups excluding carboxylic acids is 1. The second kappa shape index (κ2) is 14.2. The van der Waals surface area contributed by atoms with E-state index in [-0.39, 0.29) is 17.1 Å². The quantitative estimate of drug-likeness (QED) is 0.132. The Morgan fingerprint density at radius 2 is 1.51 bits per heavy atom. The van der Waals surface area contributed by atoms with Gasteiger partial charge in [0.1, 0.15) is 40.1 Å². The van der Waals surface area contributed by atoms with Crippen LogP contribution >= 0.6 is 0 Å². The van der Waals surface area contributed by atoms with Crippen molar-refractivity contribution in [2.24, 2.45) is 0 Å². The molecule has 0 atom stereocenters. The third kappa shape index (κ3) is 7.17. The Labute approximate surface area is 240 Å². The zero-order valence-corrected chi connectivity index (χ0v) is 23.6. The molecule has 41 heavy (non-hydrogen) atoms.